The van der Waals surface area contributed by atoms with Crippen LogP contribution in [0.25, 0.3) is 104 Å². The van der Waals surface area contributed by atoms with E-state index in [0.717, 1.165) is 34.6 Å². The van der Waals surface area contributed by atoms with E-state index >= 15 is 0 Å². The van der Waals surface area contributed by atoms with Gasteiger partial charge in [0.1, 0.15) is 0 Å². The fourth-order valence-electron chi connectivity index (χ4n) is 12.0. The van der Waals surface area contributed by atoms with E-state index in [2.05, 4.69) is 302 Å². The molecule has 0 amide bonds. The molecule has 0 saturated carbocycles. The van der Waals surface area contributed by atoms with Gasteiger partial charge in [0, 0.05) is 38.5 Å². The highest BCUT2D eigenvalue weighted by atomic mass is 15.1. The molecule has 354 valence electrons. The maximum atomic E-state index is 2.49. The zero-order valence-electron chi connectivity index (χ0n) is 41.7. The number of nitrogens with zero attached hydrogens (tertiary/aromatic N) is 2. The first-order valence-corrected chi connectivity index (χ1v) is 26.1. The van der Waals surface area contributed by atoms with Crippen LogP contribution in [0, 0.1) is 0 Å². The monoisotopic (exact) mass is 956 g/mol. The van der Waals surface area contributed by atoms with E-state index in [4.69, 9.17) is 0 Å². The van der Waals surface area contributed by atoms with Gasteiger partial charge in [-0.1, -0.05) is 244 Å². The van der Waals surface area contributed by atoms with E-state index < -0.39 is 0 Å². The van der Waals surface area contributed by atoms with Crippen molar-refractivity contribution in [2.75, 3.05) is 4.90 Å². The van der Waals surface area contributed by atoms with Gasteiger partial charge in [0.05, 0.1) is 22.4 Å². The smallest absolute Gasteiger partial charge is 0.0547 e. The number of hydrogen-bond acceptors (Lipinski definition) is 1. The van der Waals surface area contributed by atoms with Crippen LogP contribution in [-0.4, -0.2) is 4.57 Å². The first-order chi connectivity index (χ1) is 37.1. The number of aromatic nitrogens is 1. The molecule has 1 unspecified atom stereocenters. The summed E-state index contributed by atoms with van der Waals surface area (Å²) < 4.78 is 2.49. The molecule has 0 N–H and O–H groups in total. The number of benzene rings is 12. The van der Waals surface area contributed by atoms with Crippen molar-refractivity contribution in [3.05, 3.63) is 296 Å². The highest BCUT2D eigenvalue weighted by molar-refractivity contribution is 6.18. The van der Waals surface area contributed by atoms with E-state index in [-0.39, 0.29) is 5.41 Å². The molecule has 1 heterocycles. The van der Waals surface area contributed by atoms with E-state index in [1.165, 1.54) is 98.8 Å². The summed E-state index contributed by atoms with van der Waals surface area (Å²) in [5, 5.41) is 10.0. The summed E-state index contributed by atoms with van der Waals surface area (Å²) >= 11 is 0. The van der Waals surface area contributed by atoms with Crippen LogP contribution in [0.2, 0.25) is 0 Å². The third kappa shape index (κ3) is 7.65. The summed E-state index contributed by atoms with van der Waals surface area (Å²) in [5.41, 5.74) is 17.7. The lowest BCUT2D eigenvalue weighted by molar-refractivity contribution is 0.595. The maximum absolute atomic E-state index is 2.49. The molecule has 14 rings (SSSR count). The van der Waals surface area contributed by atoms with Crippen molar-refractivity contribution in [2.24, 2.45) is 0 Å². The minimum atomic E-state index is -0.113. The molecule has 0 saturated heterocycles. The lowest BCUT2D eigenvalue weighted by Gasteiger charge is -2.34. The normalized spacial score (nSPS) is 14.5. The van der Waals surface area contributed by atoms with Gasteiger partial charge in [0.15, 0.2) is 0 Å². The van der Waals surface area contributed by atoms with Crippen LogP contribution < -0.4 is 4.90 Å². The van der Waals surface area contributed by atoms with Gasteiger partial charge < -0.3 is 9.47 Å². The molecule has 12 aromatic carbocycles. The molecular formula is C73H52N2. The average Bonchev–Trinajstić information content (AvgIpc) is 3.84. The molecular weight excluding hydrogens is 905 g/mol. The largest absolute Gasteiger partial charge is 0.310 e. The van der Waals surface area contributed by atoms with Crippen molar-refractivity contribution < 1.29 is 0 Å². The molecule has 13 aromatic rings. The van der Waals surface area contributed by atoms with Crippen LogP contribution >= 0.6 is 0 Å². The Kier molecular flexibility index (Phi) is 10.7. The van der Waals surface area contributed by atoms with Crippen LogP contribution in [-0.2, 0) is 5.41 Å². The van der Waals surface area contributed by atoms with Gasteiger partial charge >= 0.3 is 0 Å². The minimum absolute atomic E-state index is 0.113. The number of para-hydroxylation sites is 2. The van der Waals surface area contributed by atoms with Crippen molar-refractivity contribution in [3.8, 4) is 50.2 Å². The van der Waals surface area contributed by atoms with Gasteiger partial charge in [-0.05, 0) is 126 Å². The van der Waals surface area contributed by atoms with E-state index in [1.54, 1.807) is 0 Å². The van der Waals surface area contributed by atoms with Gasteiger partial charge in [-0.15, -0.1) is 0 Å². The van der Waals surface area contributed by atoms with Crippen LogP contribution in [0.3, 0.4) is 0 Å². The van der Waals surface area contributed by atoms with Crippen molar-refractivity contribution in [3.63, 3.8) is 0 Å². The Morgan fingerprint density at radius 3 is 1.73 bits per heavy atom. The zero-order valence-corrected chi connectivity index (χ0v) is 41.7. The third-order valence-electron chi connectivity index (χ3n) is 15.8. The topological polar surface area (TPSA) is 8.17 Å². The van der Waals surface area contributed by atoms with Crippen LogP contribution in [0.15, 0.2) is 291 Å². The molecule has 0 aliphatic heterocycles. The van der Waals surface area contributed by atoms with Crippen LogP contribution in [0.4, 0.5) is 11.4 Å². The SMILES string of the molecule is CC1(c2ccccc2)C=CC(N(c2ccc(-c3ccc(-c4cccc5ccccc45)cc3)cc2)c2ccccc2-c2cccc(-c3cccc4c3c3ccccc3n4-c3cc4ccccc4c4ccccc34)c2)=CC1. The first kappa shape index (κ1) is 44.2. The van der Waals surface area contributed by atoms with E-state index in [9.17, 15) is 0 Å². The number of hydrogen-bond donors (Lipinski definition) is 0. The lowest BCUT2D eigenvalue weighted by atomic mass is 9.77. The molecule has 75 heavy (non-hydrogen) atoms. The van der Waals surface area contributed by atoms with E-state index in [1.807, 2.05) is 0 Å². The first-order valence-electron chi connectivity index (χ1n) is 26.1. The van der Waals surface area contributed by atoms with Gasteiger partial charge in [-0.3, -0.25) is 0 Å². The number of fused-ring (bicyclic) bond motifs is 7. The number of allylic oxidation sites excluding steroid dienone is 3. The zero-order chi connectivity index (χ0) is 49.9. The Morgan fingerprint density at radius 1 is 0.387 bits per heavy atom. The Hall–Kier alpha value is -9.50. The molecule has 0 radical (unpaired) electrons. The number of anilines is 2. The second-order valence-electron chi connectivity index (χ2n) is 20.2. The molecule has 2 heteroatoms. The highest BCUT2D eigenvalue weighted by Gasteiger charge is 2.28. The quantitative estimate of drug-likeness (QED) is 0.131. The van der Waals surface area contributed by atoms with Gasteiger partial charge in [0.25, 0.3) is 0 Å². The van der Waals surface area contributed by atoms with Gasteiger partial charge in [0.2, 0.25) is 0 Å². The van der Waals surface area contributed by atoms with Crippen LogP contribution in [0.5, 0.6) is 0 Å². The maximum Gasteiger partial charge on any atom is 0.0547 e. The molecule has 1 aliphatic carbocycles. The second kappa shape index (κ2) is 18.2. The molecule has 1 aliphatic rings. The summed E-state index contributed by atoms with van der Waals surface area (Å²) in [6.07, 6.45) is 8.04. The Bertz CT molecular complexity index is 4380. The van der Waals surface area contributed by atoms with Crippen molar-refractivity contribution in [2.45, 2.75) is 18.8 Å². The van der Waals surface area contributed by atoms with Crippen molar-refractivity contribution in [1.29, 1.82) is 0 Å². The lowest BCUT2D eigenvalue weighted by Crippen LogP contribution is -2.24. The fourth-order valence-corrected chi connectivity index (χ4v) is 12.0. The fraction of sp³-hybridized carbons (Fsp3) is 0.0411. The standard InChI is InChI=1S/C73H52N2/c1-73(57-23-3-2-4-24-57)46-44-59(45-47-73)74(58-42-40-51(41-43-58)50-36-38-53(39-37-50)61-31-16-20-52-18-5-7-25-60(52)61)68-33-13-11-27-63(68)54-21-15-22-55(48-54)64-32-17-35-70-72(64)67-30-12-14-34-69(67)75(70)71-49-56-19-6-8-26-62(56)65-28-9-10-29-66(65)71/h2-46,48-49H,47H2,1H3. The summed E-state index contributed by atoms with van der Waals surface area (Å²) in [7, 11) is 0. The van der Waals surface area contributed by atoms with Gasteiger partial charge in [-0.2, -0.15) is 0 Å². The summed E-state index contributed by atoms with van der Waals surface area (Å²) in [4.78, 5) is 2.46. The van der Waals surface area contributed by atoms with Gasteiger partial charge in [-0.25, -0.2) is 0 Å². The minimum Gasteiger partial charge on any atom is -0.310 e. The predicted molar refractivity (Wildman–Crippen MR) is 319 cm³/mol. The Balaban J connectivity index is 0.871. The molecule has 1 atom stereocenters. The summed E-state index contributed by atoms with van der Waals surface area (Å²) in [5.74, 6) is 0. The second-order valence-corrected chi connectivity index (χ2v) is 20.2. The summed E-state index contributed by atoms with van der Waals surface area (Å²) in [6, 6.07) is 98.0. The summed E-state index contributed by atoms with van der Waals surface area (Å²) in [6.45, 7) is 2.35. The van der Waals surface area contributed by atoms with E-state index in [0.29, 0.717) is 0 Å². The third-order valence-corrected chi connectivity index (χ3v) is 15.8. The van der Waals surface area contributed by atoms with Crippen molar-refractivity contribution in [1.82, 2.24) is 4.57 Å². The molecule has 0 spiro atoms. The Labute approximate surface area is 438 Å². The average molecular weight is 957 g/mol. The number of rotatable bonds is 9. The van der Waals surface area contributed by atoms with Crippen LogP contribution in [0.1, 0.15) is 18.9 Å². The highest BCUT2D eigenvalue weighted by Crippen LogP contribution is 2.45. The molecule has 2 nitrogen and oxygen atoms in total. The molecule has 0 bridgehead atoms. The molecule has 1 aromatic heterocycles. The van der Waals surface area contributed by atoms with Crippen molar-refractivity contribution >= 4 is 65.5 Å². The predicted octanol–water partition coefficient (Wildman–Crippen LogP) is 19.9. The Morgan fingerprint density at radius 2 is 0.947 bits per heavy atom. The molecule has 0 fully saturated rings.